The van der Waals surface area contributed by atoms with Crippen LogP contribution < -0.4 is 19.6 Å². The van der Waals surface area contributed by atoms with Crippen molar-refractivity contribution in [3.8, 4) is 5.75 Å². The van der Waals surface area contributed by atoms with E-state index in [1.807, 2.05) is 61.5 Å². The summed E-state index contributed by atoms with van der Waals surface area (Å²) in [6.07, 6.45) is 3.24. The van der Waals surface area contributed by atoms with E-state index in [9.17, 15) is 9.59 Å². The molecule has 0 radical (unpaired) electrons. The highest BCUT2D eigenvalue weighted by Crippen LogP contribution is 2.35. The van der Waals surface area contributed by atoms with Gasteiger partial charge in [-0.2, -0.15) is 0 Å². The van der Waals surface area contributed by atoms with E-state index < -0.39 is 12.0 Å². The van der Waals surface area contributed by atoms with Crippen LogP contribution in [0.5, 0.6) is 5.75 Å². The summed E-state index contributed by atoms with van der Waals surface area (Å²) in [5.41, 5.74) is 2.04. The van der Waals surface area contributed by atoms with E-state index in [1.54, 1.807) is 36.0 Å². The van der Waals surface area contributed by atoms with Crippen molar-refractivity contribution in [2.75, 3.05) is 13.2 Å². The quantitative estimate of drug-likeness (QED) is 0.359. The van der Waals surface area contributed by atoms with E-state index in [2.05, 4.69) is 0 Å². The van der Waals surface area contributed by atoms with Gasteiger partial charge in [-0.25, -0.2) is 9.79 Å². The second-order valence-electron chi connectivity index (χ2n) is 7.95. The summed E-state index contributed by atoms with van der Waals surface area (Å²) in [6, 6.07) is 19.7. The van der Waals surface area contributed by atoms with Gasteiger partial charge in [0.2, 0.25) is 0 Å². The summed E-state index contributed by atoms with van der Waals surface area (Å²) in [5, 5.41) is 0. The molecule has 0 N–H and O–H groups in total. The Morgan fingerprint density at radius 1 is 1.06 bits per heavy atom. The predicted molar refractivity (Wildman–Crippen MR) is 137 cm³/mol. The molecule has 1 aliphatic rings. The highest BCUT2D eigenvalue weighted by Gasteiger charge is 2.35. The van der Waals surface area contributed by atoms with Gasteiger partial charge in [0.25, 0.3) is 5.56 Å². The van der Waals surface area contributed by atoms with Gasteiger partial charge in [0.1, 0.15) is 11.5 Å². The Bertz CT molecular complexity index is 1580. The molecule has 2 aromatic carbocycles. The number of nitrogens with zero attached hydrogens (tertiary/aromatic N) is 2. The van der Waals surface area contributed by atoms with Gasteiger partial charge in [-0.3, -0.25) is 9.36 Å². The molecule has 4 aromatic rings. The van der Waals surface area contributed by atoms with Crippen LogP contribution >= 0.6 is 11.3 Å². The van der Waals surface area contributed by atoms with Gasteiger partial charge >= 0.3 is 5.97 Å². The molecule has 0 saturated carbocycles. The van der Waals surface area contributed by atoms with Crippen molar-refractivity contribution in [3.63, 3.8) is 0 Å². The smallest absolute Gasteiger partial charge is 0.338 e. The second-order valence-corrected chi connectivity index (χ2v) is 8.96. The first-order valence-corrected chi connectivity index (χ1v) is 12.5. The second kappa shape index (κ2) is 10.2. The maximum atomic E-state index is 13.7. The molecule has 8 heteroatoms. The third-order valence-corrected chi connectivity index (χ3v) is 6.68. The molecule has 0 bridgehead atoms. The summed E-state index contributed by atoms with van der Waals surface area (Å²) >= 11 is 1.25. The van der Waals surface area contributed by atoms with Crippen LogP contribution in [0.25, 0.3) is 11.8 Å². The number of carbonyl (C=O) groups excluding carboxylic acids is 1. The third kappa shape index (κ3) is 4.43. The fraction of sp³-hybridized carbons (Fsp3) is 0.179. The average molecular weight is 501 g/mol. The first kappa shape index (κ1) is 23.6. The van der Waals surface area contributed by atoms with Gasteiger partial charge in [0, 0.05) is 11.6 Å². The molecule has 0 unspecified atom stereocenters. The van der Waals surface area contributed by atoms with Gasteiger partial charge in [0.05, 0.1) is 41.3 Å². The van der Waals surface area contributed by atoms with Crippen LogP contribution in [0, 0.1) is 0 Å². The Hall–Kier alpha value is -4.17. The lowest BCUT2D eigenvalue weighted by Crippen LogP contribution is -2.40. The minimum atomic E-state index is -0.732. The van der Waals surface area contributed by atoms with Crippen molar-refractivity contribution in [1.29, 1.82) is 0 Å². The van der Waals surface area contributed by atoms with E-state index in [4.69, 9.17) is 18.9 Å². The topological polar surface area (TPSA) is 83.0 Å². The number of fused-ring (bicyclic) bond motifs is 1. The van der Waals surface area contributed by atoms with Gasteiger partial charge in [-0.05, 0) is 43.7 Å². The Labute approximate surface area is 211 Å². The number of hydrogen-bond donors (Lipinski definition) is 0. The van der Waals surface area contributed by atoms with Crippen LogP contribution in [-0.2, 0) is 9.53 Å². The summed E-state index contributed by atoms with van der Waals surface area (Å²) in [7, 11) is 0. The monoisotopic (exact) mass is 500 g/mol. The maximum Gasteiger partial charge on any atom is 0.338 e. The number of hydrogen-bond acceptors (Lipinski definition) is 7. The minimum absolute atomic E-state index is 0.198. The van der Waals surface area contributed by atoms with Gasteiger partial charge in [0.15, 0.2) is 4.80 Å². The summed E-state index contributed by atoms with van der Waals surface area (Å²) in [5.74, 6) is 0.751. The molecule has 0 amide bonds. The predicted octanol–water partition coefficient (Wildman–Crippen LogP) is 3.93. The minimum Gasteiger partial charge on any atom is -0.494 e. The van der Waals surface area contributed by atoms with E-state index in [0.29, 0.717) is 38.7 Å². The largest absolute Gasteiger partial charge is 0.494 e. The molecule has 182 valence electrons. The number of aromatic nitrogens is 1. The van der Waals surface area contributed by atoms with E-state index in [-0.39, 0.29) is 12.2 Å². The SMILES string of the molecule is CCOC(=O)C1=C(c2ccccc2)N=c2s/c(=C/c3ccco3)c(=O)n2[C@@H]1c1ccc(OCC)cc1. The fourth-order valence-electron chi connectivity index (χ4n) is 4.17. The van der Waals surface area contributed by atoms with Crippen LogP contribution in [0.15, 0.2) is 92.8 Å². The highest BCUT2D eigenvalue weighted by molar-refractivity contribution is 7.07. The van der Waals surface area contributed by atoms with E-state index >= 15 is 0 Å². The van der Waals surface area contributed by atoms with Gasteiger partial charge in [-0.15, -0.1) is 0 Å². The first-order chi connectivity index (χ1) is 17.6. The molecule has 1 atom stereocenters. The molecule has 5 rings (SSSR count). The van der Waals surface area contributed by atoms with Crippen molar-refractivity contribution in [2.45, 2.75) is 19.9 Å². The molecule has 2 aromatic heterocycles. The lowest BCUT2D eigenvalue weighted by Gasteiger charge is -2.26. The van der Waals surface area contributed by atoms with E-state index in [1.165, 1.54) is 11.3 Å². The molecule has 0 spiro atoms. The molecule has 0 saturated heterocycles. The van der Waals surface area contributed by atoms with Crippen molar-refractivity contribution >= 4 is 29.1 Å². The number of carbonyl (C=O) groups is 1. The lowest BCUT2D eigenvalue weighted by molar-refractivity contribution is -0.138. The zero-order valence-electron chi connectivity index (χ0n) is 19.8. The fourth-order valence-corrected chi connectivity index (χ4v) is 5.15. The lowest BCUT2D eigenvalue weighted by atomic mass is 9.93. The number of benzene rings is 2. The molecule has 7 nitrogen and oxygen atoms in total. The Morgan fingerprint density at radius 2 is 1.83 bits per heavy atom. The molecule has 0 aliphatic carbocycles. The van der Waals surface area contributed by atoms with Gasteiger partial charge in [-0.1, -0.05) is 53.8 Å². The first-order valence-electron chi connectivity index (χ1n) is 11.7. The average Bonchev–Trinajstić information content (AvgIpc) is 3.52. The maximum absolute atomic E-state index is 13.7. The molecule has 36 heavy (non-hydrogen) atoms. The zero-order valence-corrected chi connectivity index (χ0v) is 20.7. The van der Waals surface area contributed by atoms with Crippen molar-refractivity contribution in [3.05, 3.63) is 115 Å². The molecular formula is C28H24N2O5S. The van der Waals surface area contributed by atoms with Crippen LogP contribution in [-0.4, -0.2) is 23.8 Å². The van der Waals surface area contributed by atoms with Crippen LogP contribution in [0.1, 0.15) is 36.8 Å². The van der Waals surface area contributed by atoms with Crippen LogP contribution in [0.4, 0.5) is 0 Å². The van der Waals surface area contributed by atoms with Crippen molar-refractivity contribution < 1.29 is 18.7 Å². The molecule has 0 fully saturated rings. The Balaban J connectivity index is 1.80. The third-order valence-electron chi connectivity index (χ3n) is 5.70. The summed E-state index contributed by atoms with van der Waals surface area (Å²) < 4.78 is 18.5. The normalized spacial score (nSPS) is 15.4. The van der Waals surface area contributed by atoms with Crippen molar-refractivity contribution in [1.82, 2.24) is 4.57 Å². The van der Waals surface area contributed by atoms with E-state index in [0.717, 1.165) is 11.1 Å². The summed E-state index contributed by atoms with van der Waals surface area (Å²) in [6.45, 7) is 4.40. The number of furan rings is 1. The van der Waals surface area contributed by atoms with Crippen molar-refractivity contribution in [2.24, 2.45) is 4.99 Å². The summed E-state index contributed by atoms with van der Waals surface area (Å²) in [4.78, 5) is 32.4. The number of esters is 1. The van der Waals surface area contributed by atoms with Crippen LogP contribution in [0.2, 0.25) is 0 Å². The standard InChI is InChI=1S/C28H24N2O5S/c1-3-33-20-14-12-19(13-15-20)25-23(27(32)34-4-2)24(18-9-6-5-7-10-18)29-28-30(25)26(31)22(36-28)17-21-11-8-16-35-21/h5-17,25H,3-4H2,1-2H3/b22-17+/t25-/m1/s1. The molecule has 3 heterocycles. The molecule has 1 aliphatic heterocycles. The number of rotatable bonds is 7. The Morgan fingerprint density at radius 3 is 2.50 bits per heavy atom. The highest BCUT2D eigenvalue weighted by atomic mass is 32.1. The number of ether oxygens (including phenoxy) is 2. The Kier molecular flexibility index (Phi) is 6.69. The number of thiazole rings is 1. The zero-order chi connectivity index (χ0) is 25.1. The van der Waals surface area contributed by atoms with Gasteiger partial charge < -0.3 is 13.9 Å². The molecular weight excluding hydrogens is 476 g/mol. The van der Waals surface area contributed by atoms with Crippen LogP contribution in [0.3, 0.4) is 0 Å².